The molecular weight excluding hydrogens is 537 g/mol. The first-order valence-corrected chi connectivity index (χ1v) is 11.1. The van der Waals surface area contributed by atoms with Crippen LogP contribution in [-0.4, -0.2) is 4.57 Å². The molecule has 0 atom stereocenters. The monoisotopic (exact) mass is 551 g/mol. The summed E-state index contributed by atoms with van der Waals surface area (Å²) in [4.78, 5) is 0. The Hall–Kier alpha value is -4.41. The normalized spacial score (nSPS) is 11.8. The average Bonchev–Trinajstić information content (AvgIpc) is 3.23. The van der Waals surface area contributed by atoms with Gasteiger partial charge in [0.15, 0.2) is 17.5 Å². The molecule has 5 rings (SSSR count). The average molecular weight is 551 g/mol. The number of nitrogens with zero attached hydrogens (tertiary/aromatic N) is 1. The first-order valence-electron chi connectivity index (χ1n) is 11.1. The molecule has 39 heavy (non-hydrogen) atoms. The van der Waals surface area contributed by atoms with E-state index in [-0.39, 0.29) is 16.5 Å². The molecule has 0 aliphatic rings. The molecule has 200 valence electrons. The Labute approximate surface area is 214 Å². The number of hydrogen-bond acceptors (Lipinski definition) is 1. The van der Waals surface area contributed by atoms with Gasteiger partial charge in [0, 0.05) is 35.8 Å². The van der Waals surface area contributed by atoms with Crippen LogP contribution in [0.15, 0.2) is 66.9 Å². The van der Waals surface area contributed by atoms with Gasteiger partial charge in [-0.3, -0.25) is 0 Å². The van der Waals surface area contributed by atoms with E-state index in [0.29, 0.717) is 35.8 Å². The van der Waals surface area contributed by atoms with Crippen molar-refractivity contribution in [3.63, 3.8) is 0 Å². The quantitative estimate of drug-likeness (QED) is 0.158. The summed E-state index contributed by atoms with van der Waals surface area (Å²) in [5.41, 5.74) is -2.80. The molecule has 4 aromatic carbocycles. The second kappa shape index (κ2) is 9.40. The van der Waals surface area contributed by atoms with Gasteiger partial charge in [-0.2, -0.15) is 8.78 Å². The number of rotatable bonds is 5. The second-order valence-corrected chi connectivity index (χ2v) is 8.62. The molecule has 0 fully saturated rings. The lowest BCUT2D eigenvalue weighted by Gasteiger charge is -2.20. The Morgan fingerprint density at radius 2 is 1.18 bits per heavy atom. The molecule has 0 aliphatic carbocycles. The lowest BCUT2D eigenvalue weighted by molar-refractivity contribution is -0.189. The summed E-state index contributed by atoms with van der Waals surface area (Å²) in [5.74, 6) is -11.5. The van der Waals surface area contributed by atoms with Crippen molar-refractivity contribution >= 4 is 10.9 Å². The number of aryl methyl sites for hydroxylation is 1. The van der Waals surface area contributed by atoms with Crippen molar-refractivity contribution in [1.82, 2.24) is 4.57 Å². The molecule has 0 saturated heterocycles. The Balaban J connectivity index is 1.46. The zero-order valence-corrected chi connectivity index (χ0v) is 19.6. The van der Waals surface area contributed by atoms with Crippen LogP contribution < -0.4 is 4.74 Å². The van der Waals surface area contributed by atoms with Gasteiger partial charge in [-0.15, -0.1) is 0 Å². The maximum absolute atomic E-state index is 15.0. The number of alkyl halides is 2. The lowest BCUT2D eigenvalue weighted by atomic mass is 10.00. The molecule has 1 heterocycles. The van der Waals surface area contributed by atoms with Gasteiger partial charge < -0.3 is 9.30 Å². The number of benzene rings is 4. The lowest BCUT2D eigenvalue weighted by Crippen LogP contribution is -2.25. The minimum atomic E-state index is -4.66. The van der Waals surface area contributed by atoms with Crippen LogP contribution in [0.25, 0.3) is 33.2 Å². The van der Waals surface area contributed by atoms with Crippen molar-refractivity contribution in [2.75, 3.05) is 0 Å². The van der Waals surface area contributed by atoms with Crippen LogP contribution in [0.3, 0.4) is 0 Å². The van der Waals surface area contributed by atoms with E-state index in [1.807, 2.05) is 0 Å². The Kier molecular flexibility index (Phi) is 6.32. The zero-order chi connectivity index (χ0) is 28.2. The predicted octanol–water partition coefficient (Wildman–Crippen LogP) is 8.61. The fourth-order valence-electron chi connectivity index (χ4n) is 4.25. The molecule has 0 unspecified atom stereocenters. The van der Waals surface area contributed by atoms with E-state index in [4.69, 9.17) is 0 Å². The first-order chi connectivity index (χ1) is 18.4. The van der Waals surface area contributed by atoms with Crippen LogP contribution in [0.1, 0.15) is 5.56 Å². The molecule has 0 N–H and O–H groups in total. The van der Waals surface area contributed by atoms with E-state index in [2.05, 4.69) is 4.74 Å². The number of aromatic nitrogens is 1. The summed E-state index contributed by atoms with van der Waals surface area (Å²) < 4.78 is 135. The largest absolute Gasteiger partial charge is 0.432 e. The highest BCUT2D eigenvalue weighted by Crippen LogP contribution is 2.39. The van der Waals surface area contributed by atoms with Gasteiger partial charge in [0.2, 0.25) is 0 Å². The maximum atomic E-state index is 15.0. The third-order valence-electron chi connectivity index (χ3n) is 6.13. The number of hydrogen-bond donors (Lipinski definition) is 0. The number of ether oxygens (including phenoxy) is 1. The topological polar surface area (TPSA) is 14.2 Å². The molecule has 0 aliphatic heterocycles. The van der Waals surface area contributed by atoms with E-state index in [9.17, 15) is 39.5 Å². The van der Waals surface area contributed by atoms with Crippen LogP contribution in [-0.2, 0) is 13.2 Å². The maximum Gasteiger partial charge on any atom is 0.432 e. The summed E-state index contributed by atoms with van der Waals surface area (Å²) >= 11 is 0. The molecule has 5 aromatic rings. The van der Waals surface area contributed by atoms with Gasteiger partial charge in [-0.1, -0.05) is 0 Å². The van der Waals surface area contributed by atoms with Crippen LogP contribution in [0.4, 0.5) is 39.5 Å². The van der Waals surface area contributed by atoms with E-state index < -0.39 is 69.3 Å². The van der Waals surface area contributed by atoms with Gasteiger partial charge in [0.1, 0.15) is 34.6 Å². The first kappa shape index (κ1) is 26.2. The summed E-state index contributed by atoms with van der Waals surface area (Å²) in [5, 5.41) is 0.158. The summed E-state index contributed by atoms with van der Waals surface area (Å²) in [6.07, 6.45) is -3.08. The predicted molar refractivity (Wildman–Crippen MR) is 124 cm³/mol. The Morgan fingerprint density at radius 3 is 1.79 bits per heavy atom. The minimum Gasteiger partial charge on any atom is -0.429 e. The molecule has 2 nitrogen and oxygen atoms in total. The zero-order valence-electron chi connectivity index (χ0n) is 19.6. The highest BCUT2D eigenvalue weighted by atomic mass is 19.3. The minimum absolute atomic E-state index is 0.158. The molecule has 1 aromatic heterocycles. The SMILES string of the molecule is Cn1ccc2c(F)c(-c3cc(F)c(C(F)(F)Oc4ccc(-c5cc(F)c(F)c(F)c5)c(F)c4)c(F)c3)ccc21. The highest BCUT2D eigenvalue weighted by Gasteiger charge is 2.41. The third-order valence-corrected chi connectivity index (χ3v) is 6.13. The third kappa shape index (κ3) is 4.58. The van der Waals surface area contributed by atoms with E-state index in [1.54, 1.807) is 17.8 Å². The van der Waals surface area contributed by atoms with Crippen molar-refractivity contribution in [2.45, 2.75) is 6.11 Å². The molecule has 0 spiro atoms. The van der Waals surface area contributed by atoms with Gasteiger partial charge in [-0.05, 0) is 65.7 Å². The Morgan fingerprint density at radius 1 is 0.615 bits per heavy atom. The second-order valence-electron chi connectivity index (χ2n) is 8.62. The summed E-state index contributed by atoms with van der Waals surface area (Å²) in [7, 11) is 1.67. The van der Waals surface area contributed by atoms with Gasteiger partial charge in [0.25, 0.3) is 0 Å². The molecule has 0 bridgehead atoms. The highest BCUT2D eigenvalue weighted by molar-refractivity contribution is 5.86. The smallest absolute Gasteiger partial charge is 0.429 e. The van der Waals surface area contributed by atoms with Crippen LogP contribution in [0, 0.1) is 40.7 Å². The van der Waals surface area contributed by atoms with E-state index in [0.717, 1.165) is 12.1 Å². The van der Waals surface area contributed by atoms with Crippen LogP contribution >= 0.6 is 0 Å². The number of fused-ring (bicyclic) bond motifs is 1. The standard InChI is InChI=1S/C28H14F9NO/c1-38-7-6-18-24(38)5-4-17(26(18)34)14-8-20(30)25(21(31)9-14)28(36,37)39-15-2-3-16(19(29)12-15)13-10-22(32)27(35)23(33)11-13/h2-12H,1H3. The Bertz CT molecular complexity index is 1710. The van der Waals surface area contributed by atoms with Crippen molar-refractivity contribution in [1.29, 1.82) is 0 Å². The fourth-order valence-corrected chi connectivity index (χ4v) is 4.25. The molecule has 0 radical (unpaired) electrons. The van der Waals surface area contributed by atoms with Gasteiger partial charge in [0.05, 0.1) is 5.52 Å². The molecular formula is C28H14F9NO. The van der Waals surface area contributed by atoms with Gasteiger partial charge >= 0.3 is 6.11 Å². The van der Waals surface area contributed by atoms with E-state index >= 15 is 0 Å². The van der Waals surface area contributed by atoms with Crippen molar-refractivity contribution in [2.24, 2.45) is 7.05 Å². The summed E-state index contributed by atoms with van der Waals surface area (Å²) in [6, 6.07) is 8.21. The fraction of sp³-hybridized carbons (Fsp3) is 0.0714. The van der Waals surface area contributed by atoms with Crippen molar-refractivity contribution in [3.05, 3.63) is 113 Å². The molecule has 11 heteroatoms. The molecule has 0 saturated carbocycles. The van der Waals surface area contributed by atoms with E-state index in [1.165, 1.54) is 18.2 Å². The van der Waals surface area contributed by atoms with Crippen LogP contribution in [0.2, 0.25) is 0 Å². The van der Waals surface area contributed by atoms with Crippen molar-refractivity contribution in [3.8, 4) is 28.0 Å². The van der Waals surface area contributed by atoms with Crippen LogP contribution in [0.5, 0.6) is 5.75 Å². The van der Waals surface area contributed by atoms with Crippen molar-refractivity contribution < 1.29 is 44.3 Å². The molecule has 0 amide bonds. The van der Waals surface area contributed by atoms with Gasteiger partial charge in [-0.25, -0.2) is 30.7 Å². The number of halogens is 9. The summed E-state index contributed by atoms with van der Waals surface area (Å²) in [6.45, 7) is 0.